The van der Waals surface area contributed by atoms with Crippen molar-refractivity contribution >= 4 is 28.3 Å². The van der Waals surface area contributed by atoms with Crippen molar-refractivity contribution in [3.05, 3.63) is 34.3 Å². The van der Waals surface area contributed by atoms with Gasteiger partial charge in [0.25, 0.3) is 0 Å². The van der Waals surface area contributed by atoms with Gasteiger partial charge in [-0.3, -0.25) is 0 Å². The molecule has 0 spiro atoms. The van der Waals surface area contributed by atoms with Crippen molar-refractivity contribution < 1.29 is 0 Å². The van der Waals surface area contributed by atoms with Gasteiger partial charge in [-0.1, -0.05) is 28.1 Å². The zero-order valence-corrected chi connectivity index (χ0v) is 9.70. The maximum Gasteiger partial charge on any atom is 0.0320 e. The number of nitrogens with one attached hydrogen (secondary N) is 1. The van der Waals surface area contributed by atoms with Crippen molar-refractivity contribution in [2.45, 2.75) is 18.9 Å². The van der Waals surface area contributed by atoms with Crippen LogP contribution in [0.15, 0.2) is 28.7 Å². The van der Waals surface area contributed by atoms with Gasteiger partial charge in [-0.05, 0) is 37.1 Å². The normalized spacial score (nSPS) is 21.2. The summed E-state index contributed by atoms with van der Waals surface area (Å²) in [5.41, 5.74) is 1.41. The third-order valence-electron chi connectivity index (χ3n) is 2.33. The van der Waals surface area contributed by atoms with Gasteiger partial charge in [0, 0.05) is 10.5 Å². The van der Waals surface area contributed by atoms with Crippen molar-refractivity contribution in [3.8, 4) is 0 Å². The summed E-state index contributed by atoms with van der Waals surface area (Å²) in [6, 6.07) is 9.18. The van der Waals surface area contributed by atoms with Crippen LogP contribution in [0.4, 0.5) is 0 Å². The molecule has 1 nitrogen and oxygen atoms in total. The zero-order valence-electron chi connectivity index (χ0n) is 7.29. The summed E-state index contributed by atoms with van der Waals surface area (Å²) in [7, 11) is 0. The van der Waals surface area contributed by atoms with Gasteiger partial charge >= 0.3 is 0 Å². The summed E-state index contributed by atoms with van der Waals surface area (Å²) in [5.74, 6) is 0. The Morgan fingerprint density at radius 2 is 1.92 bits per heavy atom. The van der Waals surface area contributed by atoms with Crippen molar-refractivity contribution in [2.75, 3.05) is 6.54 Å². The monoisotopic (exact) mass is 261 g/mol. The van der Waals surface area contributed by atoms with Crippen LogP contribution < -0.4 is 5.32 Å². The molecular weight excluding hydrogens is 249 g/mol. The van der Waals surface area contributed by atoms with E-state index in [-0.39, 0.29) is 12.4 Å². The Morgan fingerprint density at radius 3 is 2.46 bits per heavy atom. The second kappa shape index (κ2) is 4.99. The van der Waals surface area contributed by atoms with Crippen molar-refractivity contribution in [2.24, 2.45) is 0 Å². The van der Waals surface area contributed by atoms with Gasteiger partial charge in [0.1, 0.15) is 0 Å². The Balaban J connectivity index is 0.000000845. The molecule has 1 aliphatic rings. The fourth-order valence-corrected chi connectivity index (χ4v) is 1.93. The first-order valence-corrected chi connectivity index (χ1v) is 5.14. The molecule has 0 radical (unpaired) electrons. The highest BCUT2D eigenvalue weighted by Crippen LogP contribution is 2.23. The van der Waals surface area contributed by atoms with E-state index in [1.54, 1.807) is 0 Å². The lowest BCUT2D eigenvalue weighted by Crippen LogP contribution is -2.12. The van der Waals surface area contributed by atoms with E-state index >= 15 is 0 Å². The van der Waals surface area contributed by atoms with Crippen LogP contribution in [0.25, 0.3) is 0 Å². The number of benzene rings is 1. The quantitative estimate of drug-likeness (QED) is 0.819. The largest absolute Gasteiger partial charge is 0.310 e. The van der Waals surface area contributed by atoms with Crippen LogP contribution >= 0.6 is 28.3 Å². The first-order chi connectivity index (χ1) is 5.86. The molecule has 1 atom stereocenters. The SMILES string of the molecule is Brc1ccc([C@@H]2CCCN2)cc1.Cl. The number of rotatable bonds is 1. The number of halogens is 2. The van der Waals surface area contributed by atoms with E-state index in [0.29, 0.717) is 6.04 Å². The molecule has 72 valence electrons. The van der Waals surface area contributed by atoms with Gasteiger partial charge in [0.2, 0.25) is 0 Å². The summed E-state index contributed by atoms with van der Waals surface area (Å²) in [6.45, 7) is 1.17. The minimum absolute atomic E-state index is 0. The molecule has 0 unspecified atom stereocenters. The lowest BCUT2D eigenvalue weighted by molar-refractivity contribution is 0.648. The average molecular weight is 263 g/mol. The topological polar surface area (TPSA) is 12.0 Å². The van der Waals surface area contributed by atoms with E-state index < -0.39 is 0 Å². The van der Waals surface area contributed by atoms with Gasteiger partial charge in [-0.15, -0.1) is 12.4 Å². The lowest BCUT2D eigenvalue weighted by atomic mass is 10.1. The molecule has 0 amide bonds. The molecule has 2 rings (SSSR count). The first-order valence-electron chi connectivity index (χ1n) is 4.35. The molecule has 1 fully saturated rings. The highest BCUT2D eigenvalue weighted by Gasteiger charge is 2.15. The van der Waals surface area contributed by atoms with Crippen LogP contribution in [0, 0.1) is 0 Å². The fraction of sp³-hybridized carbons (Fsp3) is 0.400. The predicted octanol–water partition coefficient (Wildman–Crippen LogP) is 3.30. The standard InChI is InChI=1S/C10H12BrN.ClH/c11-9-5-3-8(4-6-9)10-2-1-7-12-10;/h3-6,10,12H,1-2,7H2;1H/t10-;/m0./s1. The van der Waals surface area contributed by atoms with Crippen LogP contribution in [0.5, 0.6) is 0 Å². The van der Waals surface area contributed by atoms with Gasteiger partial charge in [-0.25, -0.2) is 0 Å². The average Bonchev–Trinajstić information content (AvgIpc) is 2.58. The molecule has 1 saturated heterocycles. The Bertz CT molecular complexity index is 254. The summed E-state index contributed by atoms with van der Waals surface area (Å²) < 4.78 is 1.16. The minimum atomic E-state index is 0. The molecule has 0 bridgehead atoms. The van der Waals surface area contributed by atoms with Crippen LogP contribution in [-0.2, 0) is 0 Å². The fourth-order valence-electron chi connectivity index (χ4n) is 1.66. The van der Waals surface area contributed by atoms with E-state index in [2.05, 4.69) is 45.5 Å². The van der Waals surface area contributed by atoms with Gasteiger partial charge in [0.15, 0.2) is 0 Å². The number of hydrogen-bond donors (Lipinski definition) is 1. The summed E-state index contributed by atoms with van der Waals surface area (Å²) in [4.78, 5) is 0. The molecule has 13 heavy (non-hydrogen) atoms. The van der Waals surface area contributed by atoms with E-state index in [9.17, 15) is 0 Å². The number of hydrogen-bond acceptors (Lipinski definition) is 1. The lowest BCUT2D eigenvalue weighted by Gasteiger charge is -2.09. The third kappa shape index (κ3) is 2.70. The van der Waals surface area contributed by atoms with E-state index in [1.165, 1.54) is 24.9 Å². The first kappa shape index (κ1) is 11.0. The molecular formula is C10H13BrClN. The molecule has 1 aromatic rings. The smallest absolute Gasteiger partial charge is 0.0320 e. The third-order valence-corrected chi connectivity index (χ3v) is 2.86. The second-order valence-corrected chi connectivity index (χ2v) is 4.12. The molecule has 1 heterocycles. The van der Waals surface area contributed by atoms with Crippen molar-refractivity contribution in [3.63, 3.8) is 0 Å². The highest BCUT2D eigenvalue weighted by atomic mass is 79.9. The Morgan fingerprint density at radius 1 is 1.23 bits per heavy atom. The molecule has 3 heteroatoms. The summed E-state index contributed by atoms with van der Waals surface area (Å²) >= 11 is 3.43. The molecule has 1 aliphatic heterocycles. The van der Waals surface area contributed by atoms with E-state index in [4.69, 9.17) is 0 Å². The molecule has 0 aliphatic carbocycles. The van der Waals surface area contributed by atoms with Crippen LogP contribution in [0.3, 0.4) is 0 Å². The molecule has 1 aromatic carbocycles. The Labute approximate surface area is 93.5 Å². The summed E-state index contributed by atoms with van der Waals surface area (Å²) in [6.07, 6.45) is 2.59. The Kier molecular flexibility index (Phi) is 4.23. The van der Waals surface area contributed by atoms with Crippen molar-refractivity contribution in [1.29, 1.82) is 0 Å². The predicted molar refractivity (Wildman–Crippen MR) is 61.4 cm³/mol. The molecule has 0 aromatic heterocycles. The Hall–Kier alpha value is -0.0500. The van der Waals surface area contributed by atoms with Crippen molar-refractivity contribution in [1.82, 2.24) is 5.32 Å². The maximum absolute atomic E-state index is 3.48. The van der Waals surface area contributed by atoms with Gasteiger partial charge in [0.05, 0.1) is 0 Å². The van der Waals surface area contributed by atoms with E-state index in [1.807, 2.05) is 0 Å². The van der Waals surface area contributed by atoms with Crippen LogP contribution in [0.2, 0.25) is 0 Å². The maximum atomic E-state index is 3.48. The molecule has 1 N–H and O–H groups in total. The van der Waals surface area contributed by atoms with Gasteiger partial charge < -0.3 is 5.32 Å². The minimum Gasteiger partial charge on any atom is -0.310 e. The molecule has 0 saturated carbocycles. The highest BCUT2D eigenvalue weighted by molar-refractivity contribution is 9.10. The van der Waals surface area contributed by atoms with Gasteiger partial charge in [-0.2, -0.15) is 0 Å². The second-order valence-electron chi connectivity index (χ2n) is 3.20. The van der Waals surface area contributed by atoms with E-state index in [0.717, 1.165) is 4.47 Å². The summed E-state index contributed by atoms with van der Waals surface area (Å²) in [5, 5.41) is 3.48. The van der Waals surface area contributed by atoms with Crippen LogP contribution in [0.1, 0.15) is 24.4 Å². The van der Waals surface area contributed by atoms with Crippen LogP contribution in [-0.4, -0.2) is 6.54 Å². The zero-order chi connectivity index (χ0) is 8.39.